The number of aliphatic hydroxyl groups is 2. The van der Waals surface area contributed by atoms with E-state index >= 15 is 0 Å². The molecule has 0 heterocycles. The first-order valence-electron chi connectivity index (χ1n) is 14.1. The van der Waals surface area contributed by atoms with Crippen molar-refractivity contribution in [2.24, 2.45) is 22.7 Å². The van der Waals surface area contributed by atoms with Gasteiger partial charge in [0.2, 0.25) is 0 Å². The molecule has 0 amide bonds. The Morgan fingerprint density at radius 1 is 0.943 bits per heavy atom. The number of benzene rings is 2. The third kappa shape index (κ3) is 3.68. The van der Waals surface area contributed by atoms with Gasteiger partial charge in [0.25, 0.3) is 0 Å². The lowest BCUT2D eigenvalue weighted by atomic mass is 9.44. The van der Waals surface area contributed by atoms with Crippen LogP contribution in [0.3, 0.4) is 0 Å². The third-order valence-electron chi connectivity index (χ3n) is 11.0. The second-order valence-corrected chi connectivity index (χ2v) is 12.4. The molecule has 2 aromatic rings. The lowest BCUT2D eigenvalue weighted by molar-refractivity contribution is -0.153. The van der Waals surface area contributed by atoms with Gasteiger partial charge in [-0.25, -0.2) is 0 Å². The molecule has 3 nitrogen and oxygen atoms in total. The summed E-state index contributed by atoms with van der Waals surface area (Å²) >= 11 is 0. The van der Waals surface area contributed by atoms with E-state index in [-0.39, 0.29) is 6.61 Å². The Morgan fingerprint density at radius 2 is 1.74 bits per heavy atom. The molecule has 6 rings (SSSR count). The third-order valence-corrected chi connectivity index (χ3v) is 11.0. The minimum absolute atomic E-state index is 0.249. The minimum atomic E-state index is -0.661. The Morgan fingerprint density at radius 3 is 2.51 bits per heavy atom. The monoisotopic (exact) mass is 474 g/mol. The highest BCUT2D eigenvalue weighted by atomic mass is 16.5. The van der Waals surface area contributed by atoms with Gasteiger partial charge in [-0.05, 0) is 103 Å². The van der Waals surface area contributed by atoms with Gasteiger partial charge in [-0.1, -0.05) is 56.2 Å². The summed E-state index contributed by atoms with van der Waals surface area (Å²) < 4.78 is 6.20. The van der Waals surface area contributed by atoms with Crippen molar-refractivity contribution in [2.45, 2.75) is 95.7 Å². The van der Waals surface area contributed by atoms with Gasteiger partial charge >= 0.3 is 0 Å². The van der Waals surface area contributed by atoms with Gasteiger partial charge < -0.3 is 14.9 Å². The second kappa shape index (κ2) is 8.92. The molecule has 0 radical (unpaired) electrons. The van der Waals surface area contributed by atoms with Crippen LogP contribution in [0.1, 0.15) is 93.7 Å². The van der Waals surface area contributed by atoms with Crippen molar-refractivity contribution in [1.29, 1.82) is 0 Å². The number of ether oxygens (including phenoxy) is 1. The van der Waals surface area contributed by atoms with Gasteiger partial charge in [-0.15, -0.1) is 0 Å². The molecule has 3 heteroatoms. The second-order valence-electron chi connectivity index (χ2n) is 12.4. The van der Waals surface area contributed by atoms with Gasteiger partial charge in [-0.2, -0.15) is 0 Å². The quantitative estimate of drug-likeness (QED) is 0.414. The maximum Gasteiger partial charge on any atom is 0.120 e. The molecule has 3 fully saturated rings. The summed E-state index contributed by atoms with van der Waals surface area (Å²) in [6.45, 7) is 3.40. The van der Waals surface area contributed by atoms with Crippen LogP contribution >= 0.6 is 0 Å². The van der Waals surface area contributed by atoms with Crippen LogP contribution < -0.4 is 4.74 Å². The van der Waals surface area contributed by atoms with Crippen LogP contribution in [0.4, 0.5) is 0 Å². The first-order valence-corrected chi connectivity index (χ1v) is 14.1. The largest absolute Gasteiger partial charge is 0.489 e. The van der Waals surface area contributed by atoms with E-state index in [0.717, 1.165) is 43.8 Å². The van der Waals surface area contributed by atoms with Crippen molar-refractivity contribution in [3.63, 3.8) is 0 Å². The van der Waals surface area contributed by atoms with Crippen LogP contribution in [0.2, 0.25) is 0 Å². The summed E-state index contributed by atoms with van der Waals surface area (Å²) in [4.78, 5) is 0. The average molecular weight is 475 g/mol. The minimum Gasteiger partial charge on any atom is -0.489 e. The highest BCUT2D eigenvalue weighted by Crippen LogP contribution is 2.77. The highest BCUT2D eigenvalue weighted by molar-refractivity contribution is 5.44. The molecule has 2 aromatic carbocycles. The lowest BCUT2D eigenvalue weighted by Gasteiger charge is -2.61. The van der Waals surface area contributed by atoms with Gasteiger partial charge in [0.15, 0.2) is 0 Å². The van der Waals surface area contributed by atoms with Gasteiger partial charge in [0.1, 0.15) is 12.4 Å². The van der Waals surface area contributed by atoms with Crippen molar-refractivity contribution >= 4 is 0 Å². The van der Waals surface area contributed by atoms with E-state index in [1.54, 1.807) is 0 Å². The molecule has 0 aliphatic heterocycles. The summed E-state index contributed by atoms with van der Waals surface area (Å²) in [6, 6.07) is 17.1. The first-order chi connectivity index (χ1) is 17.0. The predicted octanol–water partition coefficient (Wildman–Crippen LogP) is 6.80. The van der Waals surface area contributed by atoms with E-state index < -0.39 is 5.60 Å². The molecule has 0 spiro atoms. The molecule has 3 saturated carbocycles. The van der Waals surface area contributed by atoms with Crippen LogP contribution in [0.5, 0.6) is 5.75 Å². The number of unbranched alkanes of at least 4 members (excludes halogenated alkanes) is 2. The summed E-state index contributed by atoms with van der Waals surface area (Å²) in [5, 5.41) is 21.9. The molecular formula is C32H42O3. The van der Waals surface area contributed by atoms with Crippen molar-refractivity contribution in [3.8, 4) is 5.75 Å². The lowest BCUT2D eigenvalue weighted by Crippen LogP contribution is -2.59. The number of rotatable bonds is 8. The summed E-state index contributed by atoms with van der Waals surface area (Å²) in [7, 11) is 0. The molecule has 0 aromatic heterocycles. The smallest absolute Gasteiger partial charge is 0.120 e. The topological polar surface area (TPSA) is 49.7 Å². The number of hydrogen-bond donors (Lipinski definition) is 2. The molecule has 188 valence electrons. The van der Waals surface area contributed by atoms with E-state index in [1.165, 1.54) is 55.2 Å². The normalized spacial score (nSPS) is 36.9. The van der Waals surface area contributed by atoms with Gasteiger partial charge in [0.05, 0.1) is 5.60 Å². The van der Waals surface area contributed by atoms with E-state index in [9.17, 15) is 10.2 Å². The van der Waals surface area contributed by atoms with Crippen LogP contribution in [-0.2, 0) is 13.0 Å². The van der Waals surface area contributed by atoms with E-state index in [4.69, 9.17) is 4.74 Å². The Labute approximate surface area is 210 Å². The predicted molar refractivity (Wildman–Crippen MR) is 139 cm³/mol. The maximum absolute atomic E-state index is 12.6. The molecule has 2 N–H and O–H groups in total. The molecular weight excluding hydrogens is 432 g/mol. The number of fused-ring (bicyclic) bond motifs is 3. The van der Waals surface area contributed by atoms with Crippen molar-refractivity contribution < 1.29 is 14.9 Å². The summed E-state index contributed by atoms with van der Waals surface area (Å²) in [5.41, 5.74) is 4.00. The zero-order chi connectivity index (χ0) is 24.1. The van der Waals surface area contributed by atoms with E-state index in [0.29, 0.717) is 29.3 Å². The van der Waals surface area contributed by atoms with E-state index in [2.05, 4.69) is 49.4 Å². The maximum atomic E-state index is 12.6. The summed E-state index contributed by atoms with van der Waals surface area (Å²) in [6.07, 6.45) is 12.3. The van der Waals surface area contributed by atoms with Crippen molar-refractivity contribution in [1.82, 2.24) is 0 Å². The zero-order valence-electron chi connectivity index (χ0n) is 21.3. The van der Waals surface area contributed by atoms with Crippen LogP contribution in [0, 0.1) is 22.7 Å². The Kier molecular flexibility index (Phi) is 6.00. The fourth-order valence-electron chi connectivity index (χ4n) is 9.43. The Hall–Kier alpha value is -1.84. The molecule has 4 aliphatic rings. The molecule has 4 atom stereocenters. The molecule has 2 bridgehead atoms. The van der Waals surface area contributed by atoms with Crippen LogP contribution in [0.15, 0.2) is 48.5 Å². The standard InChI is InChI=1S/C32H42O3/c1-30-16-14-28-27-11-10-26(35-22-23-8-4-2-5-9-23)20-24(27)21-32(34,15-6-3-7-19-33)29(28)31(30)17-12-25(30)13-18-31/h2,4-5,8-11,20,25,28-29,33-34H,3,6-7,12-19,21-22H2,1H3/t25-,28-,29-,30-,31-,32+/m1/s1. The first kappa shape index (κ1) is 23.6. The average Bonchev–Trinajstić information content (AvgIpc) is 3.33. The fraction of sp³-hybridized carbons (Fsp3) is 0.625. The number of hydrogen-bond acceptors (Lipinski definition) is 3. The zero-order valence-corrected chi connectivity index (χ0v) is 21.3. The van der Waals surface area contributed by atoms with E-state index in [1.807, 2.05) is 6.07 Å². The van der Waals surface area contributed by atoms with Crippen LogP contribution in [-0.4, -0.2) is 22.4 Å². The van der Waals surface area contributed by atoms with Crippen molar-refractivity contribution in [3.05, 3.63) is 65.2 Å². The molecule has 0 saturated heterocycles. The van der Waals surface area contributed by atoms with Gasteiger partial charge in [-0.3, -0.25) is 0 Å². The molecule has 35 heavy (non-hydrogen) atoms. The van der Waals surface area contributed by atoms with Gasteiger partial charge in [0, 0.05) is 18.9 Å². The molecule has 4 aliphatic carbocycles. The van der Waals surface area contributed by atoms with Crippen LogP contribution in [0.25, 0.3) is 0 Å². The SMILES string of the molecule is C[C@]12CC[C@@H]3c4ccc(OCc5ccccc5)cc4C[C@@](O)(CCCCCO)[C@H]3[C@]13CC[C@@H]2CC3. The number of aliphatic hydroxyl groups excluding tert-OH is 1. The Balaban J connectivity index is 1.33. The molecule has 0 unspecified atom stereocenters. The Bertz CT molecular complexity index is 1040. The van der Waals surface area contributed by atoms with Crippen molar-refractivity contribution in [2.75, 3.05) is 6.61 Å². The fourth-order valence-corrected chi connectivity index (χ4v) is 9.43. The summed E-state index contributed by atoms with van der Waals surface area (Å²) in [5.74, 6) is 2.58. The highest BCUT2D eigenvalue weighted by Gasteiger charge is 2.71.